The van der Waals surface area contributed by atoms with Crippen LogP contribution in [0.25, 0.3) is 0 Å². The Morgan fingerprint density at radius 3 is 2.71 bits per heavy atom. The molecular weight excluding hydrogens is 264 g/mol. The van der Waals surface area contributed by atoms with Crippen LogP contribution in [0.4, 0.5) is 0 Å². The Labute approximate surface area is 127 Å². The molecule has 1 aromatic rings. The number of rotatable bonds is 3. The summed E-state index contributed by atoms with van der Waals surface area (Å²) >= 11 is 0. The summed E-state index contributed by atoms with van der Waals surface area (Å²) in [6.07, 6.45) is 4.47. The molecule has 1 heterocycles. The fourth-order valence-corrected chi connectivity index (χ4v) is 3.75. The van der Waals surface area contributed by atoms with E-state index in [1.165, 1.54) is 11.1 Å². The number of hydrogen-bond donors (Lipinski definition) is 1. The van der Waals surface area contributed by atoms with E-state index in [9.17, 15) is 0 Å². The van der Waals surface area contributed by atoms with Crippen molar-refractivity contribution >= 4 is 0 Å². The fourth-order valence-electron chi connectivity index (χ4n) is 3.75. The zero-order valence-corrected chi connectivity index (χ0v) is 13.0. The predicted molar refractivity (Wildman–Crippen MR) is 83.6 cm³/mol. The van der Waals surface area contributed by atoms with Crippen LogP contribution in [0, 0.1) is 0 Å². The lowest BCUT2D eigenvalue weighted by molar-refractivity contribution is 0.0210. The summed E-state index contributed by atoms with van der Waals surface area (Å²) in [6, 6.07) is 7.39. The molecular formula is C17H26N2O2. The summed E-state index contributed by atoms with van der Waals surface area (Å²) in [5, 5.41) is 0. The van der Waals surface area contributed by atoms with Gasteiger partial charge in [0, 0.05) is 31.3 Å². The minimum absolute atomic E-state index is 0.0664. The van der Waals surface area contributed by atoms with E-state index < -0.39 is 0 Å². The van der Waals surface area contributed by atoms with E-state index in [1.807, 2.05) is 6.07 Å². The molecule has 4 nitrogen and oxygen atoms in total. The van der Waals surface area contributed by atoms with Gasteiger partial charge < -0.3 is 15.2 Å². The Morgan fingerprint density at radius 2 is 2.00 bits per heavy atom. The van der Waals surface area contributed by atoms with Gasteiger partial charge in [-0.1, -0.05) is 6.07 Å². The van der Waals surface area contributed by atoms with Crippen molar-refractivity contribution in [2.24, 2.45) is 5.73 Å². The summed E-state index contributed by atoms with van der Waals surface area (Å²) in [5.41, 5.74) is 9.22. The van der Waals surface area contributed by atoms with Crippen molar-refractivity contribution in [3.8, 4) is 5.75 Å². The van der Waals surface area contributed by atoms with Crippen LogP contribution in [0.5, 0.6) is 5.75 Å². The second-order valence-corrected chi connectivity index (χ2v) is 6.21. The van der Waals surface area contributed by atoms with Crippen molar-refractivity contribution in [1.82, 2.24) is 4.90 Å². The highest BCUT2D eigenvalue weighted by Crippen LogP contribution is 2.34. The number of hydrogen-bond acceptors (Lipinski definition) is 4. The van der Waals surface area contributed by atoms with Crippen molar-refractivity contribution < 1.29 is 9.47 Å². The number of likely N-dealkylation sites (N-methyl/N-ethyl adjacent to an activating group) is 1. The molecule has 1 aromatic carbocycles. The minimum Gasteiger partial charge on any atom is -0.497 e. The number of aryl methyl sites for hydroxylation is 1. The number of ether oxygens (including phenoxy) is 2. The topological polar surface area (TPSA) is 47.7 Å². The number of benzene rings is 1. The van der Waals surface area contributed by atoms with Gasteiger partial charge in [-0.05, 0) is 56.0 Å². The van der Waals surface area contributed by atoms with Gasteiger partial charge in [0.05, 0.1) is 7.11 Å². The SMILES string of the molecule is COc1ccc2c(c1)C(N)C(N(C)C1CCOCC1)CC2. The molecule has 1 aliphatic heterocycles. The quantitative estimate of drug-likeness (QED) is 0.926. The van der Waals surface area contributed by atoms with Gasteiger partial charge in [0.2, 0.25) is 0 Å². The predicted octanol–water partition coefficient (Wildman–Crippen LogP) is 2.12. The monoisotopic (exact) mass is 290 g/mol. The highest BCUT2D eigenvalue weighted by Gasteiger charge is 2.33. The van der Waals surface area contributed by atoms with E-state index in [2.05, 4.69) is 24.1 Å². The van der Waals surface area contributed by atoms with Gasteiger partial charge in [0.1, 0.15) is 5.75 Å². The molecule has 1 fully saturated rings. The van der Waals surface area contributed by atoms with Crippen LogP contribution in [0.15, 0.2) is 18.2 Å². The van der Waals surface area contributed by atoms with Crippen molar-refractivity contribution in [2.45, 2.75) is 43.8 Å². The third-order valence-electron chi connectivity index (χ3n) is 5.13. The molecule has 2 atom stereocenters. The number of fused-ring (bicyclic) bond motifs is 1. The summed E-state index contributed by atoms with van der Waals surface area (Å²) in [6.45, 7) is 1.75. The van der Waals surface area contributed by atoms with Gasteiger partial charge in [0.25, 0.3) is 0 Å². The van der Waals surface area contributed by atoms with Crippen molar-refractivity contribution in [1.29, 1.82) is 0 Å². The zero-order valence-electron chi connectivity index (χ0n) is 13.0. The Morgan fingerprint density at radius 1 is 1.24 bits per heavy atom. The van der Waals surface area contributed by atoms with E-state index in [0.29, 0.717) is 12.1 Å². The maximum absolute atomic E-state index is 6.59. The number of methoxy groups -OCH3 is 1. The second-order valence-electron chi connectivity index (χ2n) is 6.21. The molecule has 2 N–H and O–H groups in total. The first-order chi connectivity index (χ1) is 10.2. The summed E-state index contributed by atoms with van der Waals surface area (Å²) in [5.74, 6) is 0.901. The molecule has 2 unspecified atom stereocenters. The van der Waals surface area contributed by atoms with Crippen LogP contribution in [-0.4, -0.2) is 44.4 Å². The standard InChI is InChI=1S/C17H26N2O2/c1-19(13-7-9-21-10-8-13)16-6-4-12-3-5-14(20-2)11-15(12)17(16)18/h3,5,11,13,16-17H,4,6-10,18H2,1-2H3. The van der Waals surface area contributed by atoms with E-state index in [4.69, 9.17) is 15.2 Å². The third-order valence-corrected chi connectivity index (χ3v) is 5.13. The molecule has 1 aliphatic carbocycles. The van der Waals surface area contributed by atoms with E-state index >= 15 is 0 Å². The van der Waals surface area contributed by atoms with Crippen LogP contribution in [0.3, 0.4) is 0 Å². The summed E-state index contributed by atoms with van der Waals surface area (Å²) in [7, 11) is 3.94. The van der Waals surface area contributed by atoms with Crippen LogP contribution >= 0.6 is 0 Å². The summed E-state index contributed by atoms with van der Waals surface area (Å²) in [4.78, 5) is 2.50. The van der Waals surface area contributed by atoms with Gasteiger partial charge in [0.15, 0.2) is 0 Å². The lowest BCUT2D eigenvalue weighted by Crippen LogP contribution is -2.49. The first kappa shape index (κ1) is 14.8. The average molecular weight is 290 g/mol. The van der Waals surface area contributed by atoms with Crippen molar-refractivity contribution in [2.75, 3.05) is 27.4 Å². The molecule has 0 amide bonds. The normalized spacial score (nSPS) is 26.7. The molecule has 0 radical (unpaired) electrons. The first-order valence-electron chi connectivity index (χ1n) is 7.93. The highest BCUT2D eigenvalue weighted by molar-refractivity contribution is 5.40. The first-order valence-corrected chi connectivity index (χ1v) is 7.93. The Balaban J connectivity index is 1.78. The molecule has 0 saturated carbocycles. The highest BCUT2D eigenvalue weighted by atomic mass is 16.5. The minimum atomic E-state index is 0.0664. The Bertz CT molecular complexity index is 486. The van der Waals surface area contributed by atoms with Gasteiger partial charge in [-0.2, -0.15) is 0 Å². The van der Waals surface area contributed by atoms with Gasteiger partial charge in [-0.15, -0.1) is 0 Å². The lowest BCUT2D eigenvalue weighted by Gasteiger charge is -2.42. The lowest BCUT2D eigenvalue weighted by atomic mass is 9.83. The number of nitrogens with zero attached hydrogens (tertiary/aromatic N) is 1. The van der Waals surface area contributed by atoms with Crippen molar-refractivity contribution in [3.63, 3.8) is 0 Å². The Kier molecular flexibility index (Phi) is 4.48. The molecule has 0 spiro atoms. The fraction of sp³-hybridized carbons (Fsp3) is 0.647. The molecule has 2 aliphatic rings. The molecule has 3 rings (SSSR count). The van der Waals surface area contributed by atoms with Crippen molar-refractivity contribution in [3.05, 3.63) is 29.3 Å². The largest absolute Gasteiger partial charge is 0.497 e. The van der Waals surface area contributed by atoms with E-state index in [-0.39, 0.29) is 6.04 Å². The van der Waals surface area contributed by atoms with E-state index in [1.54, 1.807) is 7.11 Å². The molecule has 0 aromatic heterocycles. The second kappa shape index (κ2) is 6.34. The van der Waals surface area contributed by atoms with Crippen LogP contribution < -0.4 is 10.5 Å². The maximum atomic E-state index is 6.59. The van der Waals surface area contributed by atoms with Gasteiger partial charge in [-0.3, -0.25) is 4.90 Å². The molecule has 4 heteroatoms. The van der Waals surface area contributed by atoms with E-state index in [0.717, 1.165) is 44.6 Å². The summed E-state index contributed by atoms with van der Waals surface area (Å²) < 4.78 is 10.8. The zero-order chi connectivity index (χ0) is 14.8. The average Bonchev–Trinajstić information content (AvgIpc) is 2.55. The third kappa shape index (κ3) is 2.93. The Hall–Kier alpha value is -1.10. The molecule has 0 bridgehead atoms. The van der Waals surface area contributed by atoms with Crippen LogP contribution in [0.1, 0.15) is 36.4 Å². The smallest absolute Gasteiger partial charge is 0.119 e. The van der Waals surface area contributed by atoms with Gasteiger partial charge in [-0.25, -0.2) is 0 Å². The molecule has 21 heavy (non-hydrogen) atoms. The molecule has 1 saturated heterocycles. The molecule has 116 valence electrons. The maximum Gasteiger partial charge on any atom is 0.119 e. The van der Waals surface area contributed by atoms with Crippen LogP contribution in [0.2, 0.25) is 0 Å². The van der Waals surface area contributed by atoms with Gasteiger partial charge >= 0.3 is 0 Å². The number of nitrogens with two attached hydrogens (primary N) is 1. The van der Waals surface area contributed by atoms with Crippen LogP contribution in [-0.2, 0) is 11.2 Å².